The average molecular weight is 447 g/mol. The number of amides is 1. The molecule has 0 N–H and O–H groups in total. The molecule has 5 heteroatoms. The van der Waals surface area contributed by atoms with Crippen molar-refractivity contribution in [3.8, 4) is 11.5 Å². The molecule has 0 aliphatic rings. The van der Waals surface area contributed by atoms with Gasteiger partial charge in [-0.15, -0.1) is 0 Å². The van der Waals surface area contributed by atoms with Crippen molar-refractivity contribution < 1.29 is 14.3 Å². The zero-order valence-electron chi connectivity index (χ0n) is 20.1. The van der Waals surface area contributed by atoms with Crippen LogP contribution in [0.3, 0.4) is 0 Å². The molecule has 0 radical (unpaired) electrons. The van der Waals surface area contributed by atoms with Crippen LogP contribution in [0.4, 0.5) is 0 Å². The molecule has 0 aliphatic heterocycles. The smallest absolute Gasteiger partial charge is 0.223 e. The number of ether oxygens (including phenoxy) is 2. The summed E-state index contributed by atoms with van der Waals surface area (Å²) in [6.07, 6.45) is 2.99. The molecule has 174 valence electrons. The highest BCUT2D eigenvalue weighted by atomic mass is 16.5. The van der Waals surface area contributed by atoms with E-state index in [-0.39, 0.29) is 11.3 Å². The molecule has 1 aromatic heterocycles. The number of methoxy groups -OCH3 is 1. The lowest BCUT2D eigenvalue weighted by molar-refractivity contribution is -0.133. The van der Waals surface area contributed by atoms with Gasteiger partial charge in [-0.1, -0.05) is 63.2 Å². The first-order chi connectivity index (χ1) is 15.8. The molecule has 5 nitrogen and oxygen atoms in total. The topological polar surface area (TPSA) is 51.7 Å². The summed E-state index contributed by atoms with van der Waals surface area (Å²) in [5.41, 5.74) is 3.00. The molecule has 3 aromatic rings. The molecule has 1 heterocycles. The molecule has 2 aromatic carbocycles. The van der Waals surface area contributed by atoms with Gasteiger partial charge in [0.2, 0.25) is 5.91 Å². The molecule has 1 amide bonds. The van der Waals surface area contributed by atoms with Crippen LogP contribution in [0.1, 0.15) is 44.0 Å². The van der Waals surface area contributed by atoms with Crippen molar-refractivity contribution in [1.29, 1.82) is 0 Å². The Morgan fingerprint density at radius 3 is 2.36 bits per heavy atom. The fraction of sp³-hybridized carbons (Fsp3) is 0.357. The maximum absolute atomic E-state index is 13.1. The largest absolute Gasteiger partial charge is 0.493 e. The minimum Gasteiger partial charge on any atom is -0.493 e. The van der Waals surface area contributed by atoms with Crippen LogP contribution in [0, 0.1) is 5.41 Å². The van der Waals surface area contributed by atoms with Gasteiger partial charge in [0.15, 0.2) is 11.5 Å². The molecule has 0 atom stereocenters. The zero-order valence-corrected chi connectivity index (χ0v) is 20.1. The quantitative estimate of drug-likeness (QED) is 0.402. The molecule has 33 heavy (non-hydrogen) atoms. The fourth-order valence-electron chi connectivity index (χ4n) is 3.54. The van der Waals surface area contributed by atoms with Crippen LogP contribution < -0.4 is 9.47 Å². The van der Waals surface area contributed by atoms with Crippen LogP contribution in [0.5, 0.6) is 11.5 Å². The van der Waals surface area contributed by atoms with Crippen LogP contribution in [-0.2, 0) is 24.4 Å². The average Bonchev–Trinajstić information content (AvgIpc) is 2.81. The van der Waals surface area contributed by atoms with Gasteiger partial charge >= 0.3 is 0 Å². The van der Waals surface area contributed by atoms with E-state index in [4.69, 9.17) is 9.47 Å². The Morgan fingerprint density at radius 2 is 1.70 bits per heavy atom. The maximum atomic E-state index is 13.1. The molecule has 3 rings (SSSR count). The van der Waals surface area contributed by atoms with Gasteiger partial charge in [-0.05, 0) is 40.8 Å². The van der Waals surface area contributed by atoms with Gasteiger partial charge in [0.1, 0.15) is 6.61 Å². The zero-order chi connectivity index (χ0) is 23.7. The normalized spacial score (nSPS) is 11.2. The highest BCUT2D eigenvalue weighted by molar-refractivity contribution is 5.76. The number of hydrogen-bond donors (Lipinski definition) is 0. The van der Waals surface area contributed by atoms with Gasteiger partial charge in [-0.2, -0.15) is 0 Å². The van der Waals surface area contributed by atoms with E-state index in [2.05, 4.69) is 25.8 Å². The van der Waals surface area contributed by atoms with Crippen LogP contribution in [0.2, 0.25) is 0 Å². The lowest BCUT2D eigenvalue weighted by Gasteiger charge is -2.27. The second-order valence-electron chi connectivity index (χ2n) is 9.38. The third-order valence-electron chi connectivity index (χ3n) is 5.24. The van der Waals surface area contributed by atoms with E-state index in [1.807, 2.05) is 71.6 Å². The predicted molar refractivity (Wildman–Crippen MR) is 131 cm³/mol. The first-order valence-electron chi connectivity index (χ1n) is 11.4. The van der Waals surface area contributed by atoms with E-state index in [9.17, 15) is 4.79 Å². The minimum atomic E-state index is -0.0762. The second-order valence-corrected chi connectivity index (χ2v) is 9.38. The second kappa shape index (κ2) is 11.5. The van der Waals surface area contributed by atoms with Gasteiger partial charge in [0.25, 0.3) is 0 Å². The van der Waals surface area contributed by atoms with Crippen molar-refractivity contribution >= 4 is 5.91 Å². The summed E-state index contributed by atoms with van der Waals surface area (Å²) in [6, 6.07) is 21.8. The molecular formula is C28H34N2O3. The van der Waals surface area contributed by atoms with E-state index in [1.165, 1.54) is 0 Å². The van der Waals surface area contributed by atoms with Crippen LogP contribution in [0.25, 0.3) is 0 Å². The Bertz CT molecular complexity index is 1010. The van der Waals surface area contributed by atoms with Crippen LogP contribution >= 0.6 is 0 Å². The number of benzene rings is 2. The highest BCUT2D eigenvalue weighted by Gasteiger charge is 2.22. The summed E-state index contributed by atoms with van der Waals surface area (Å²) in [7, 11) is 1.64. The van der Waals surface area contributed by atoms with E-state index in [0.29, 0.717) is 44.0 Å². The molecule has 0 unspecified atom stereocenters. The van der Waals surface area contributed by atoms with E-state index in [1.54, 1.807) is 13.3 Å². The van der Waals surface area contributed by atoms with Gasteiger partial charge in [-0.25, -0.2) is 0 Å². The Labute approximate surface area is 197 Å². The third kappa shape index (κ3) is 7.94. The van der Waals surface area contributed by atoms with Crippen LogP contribution in [-0.4, -0.2) is 29.4 Å². The maximum Gasteiger partial charge on any atom is 0.223 e. The van der Waals surface area contributed by atoms with Gasteiger partial charge in [0.05, 0.1) is 7.11 Å². The van der Waals surface area contributed by atoms with E-state index in [0.717, 1.165) is 16.8 Å². The molecular weight excluding hydrogens is 412 g/mol. The number of pyridine rings is 1. The van der Waals surface area contributed by atoms with Gasteiger partial charge in [-0.3, -0.25) is 9.78 Å². The lowest BCUT2D eigenvalue weighted by atomic mass is 9.91. The first kappa shape index (κ1) is 24.3. The van der Waals surface area contributed by atoms with E-state index >= 15 is 0 Å². The van der Waals surface area contributed by atoms with Gasteiger partial charge < -0.3 is 14.4 Å². The van der Waals surface area contributed by atoms with Crippen molar-refractivity contribution in [2.75, 3.05) is 13.7 Å². The summed E-state index contributed by atoms with van der Waals surface area (Å²) >= 11 is 0. The Balaban J connectivity index is 1.72. The molecule has 0 saturated heterocycles. The number of aromatic nitrogens is 1. The lowest BCUT2D eigenvalue weighted by Crippen LogP contribution is -2.35. The highest BCUT2D eigenvalue weighted by Crippen LogP contribution is 2.30. The number of carbonyl (C=O) groups excluding carboxylic acids is 1. The standard InChI is InChI=1S/C28H34N2O3/c1-28(2,3)19-27(31)30(17-15-24-12-8-9-16-29-24)20-23-13-14-25(26(18-23)32-4)33-21-22-10-6-5-7-11-22/h5-14,16,18H,15,17,19-21H2,1-4H3. The molecule has 0 spiro atoms. The van der Waals surface area contributed by atoms with Crippen molar-refractivity contribution in [2.24, 2.45) is 5.41 Å². The van der Waals surface area contributed by atoms with Crippen molar-refractivity contribution in [1.82, 2.24) is 9.88 Å². The summed E-state index contributed by atoms with van der Waals surface area (Å²) in [5.74, 6) is 1.49. The minimum absolute atomic E-state index is 0.0762. The van der Waals surface area contributed by atoms with Crippen molar-refractivity contribution in [3.63, 3.8) is 0 Å². The van der Waals surface area contributed by atoms with Crippen LogP contribution in [0.15, 0.2) is 72.9 Å². The fourth-order valence-corrected chi connectivity index (χ4v) is 3.54. The number of nitrogens with zero attached hydrogens (tertiary/aromatic N) is 2. The molecule has 0 aliphatic carbocycles. The van der Waals surface area contributed by atoms with E-state index < -0.39 is 0 Å². The van der Waals surface area contributed by atoms with Gasteiger partial charge in [0, 0.05) is 37.8 Å². The SMILES string of the molecule is COc1cc(CN(CCc2ccccn2)C(=O)CC(C)(C)C)ccc1OCc1ccccc1. The molecule has 0 bridgehead atoms. The Morgan fingerprint density at radius 1 is 0.939 bits per heavy atom. The summed E-state index contributed by atoms with van der Waals surface area (Å²) in [6.45, 7) is 7.85. The Hall–Kier alpha value is -3.34. The molecule has 0 saturated carbocycles. The monoisotopic (exact) mass is 446 g/mol. The number of hydrogen-bond acceptors (Lipinski definition) is 4. The van der Waals surface area contributed by atoms with Crippen molar-refractivity contribution in [2.45, 2.75) is 46.8 Å². The molecule has 0 fully saturated rings. The number of carbonyl (C=O) groups is 1. The summed E-state index contributed by atoms with van der Waals surface area (Å²) in [4.78, 5) is 19.4. The summed E-state index contributed by atoms with van der Waals surface area (Å²) < 4.78 is 11.6. The number of rotatable bonds is 10. The third-order valence-corrected chi connectivity index (χ3v) is 5.24. The Kier molecular flexibility index (Phi) is 8.47. The van der Waals surface area contributed by atoms with Crippen molar-refractivity contribution in [3.05, 3.63) is 89.7 Å². The first-order valence-corrected chi connectivity index (χ1v) is 11.4. The summed E-state index contributed by atoms with van der Waals surface area (Å²) in [5, 5.41) is 0. The predicted octanol–water partition coefficient (Wildman–Crippen LogP) is 5.68.